The van der Waals surface area contributed by atoms with Gasteiger partial charge in [0.1, 0.15) is 16.9 Å². The van der Waals surface area contributed by atoms with Crippen molar-refractivity contribution in [2.45, 2.75) is 41.4 Å². The second kappa shape index (κ2) is 4.38. The molecule has 0 amide bonds. The molecule has 3 nitrogen and oxygen atoms in total. The molecule has 4 unspecified atom stereocenters. The van der Waals surface area contributed by atoms with Crippen LogP contribution in [0.4, 0.5) is 30.7 Å². The van der Waals surface area contributed by atoms with Crippen molar-refractivity contribution in [3.63, 3.8) is 0 Å². The minimum absolute atomic E-state index is 0.152. The molecule has 11 heteroatoms. The zero-order valence-corrected chi connectivity index (χ0v) is 11.7. The average molecular weight is 364 g/mol. The SMILES string of the molecule is O=S(=O)(O)c1cc(F)c(C(F)(F)F)c2c1C1CC2(F)C(F)C1F. The molecule has 1 fully saturated rings. The number of hydrogen-bond donors (Lipinski definition) is 1. The van der Waals surface area contributed by atoms with Gasteiger partial charge in [-0.05, 0) is 18.1 Å². The highest BCUT2D eigenvalue weighted by molar-refractivity contribution is 7.85. The van der Waals surface area contributed by atoms with Crippen molar-refractivity contribution in [1.82, 2.24) is 0 Å². The van der Waals surface area contributed by atoms with Gasteiger partial charge in [0.2, 0.25) is 0 Å². The van der Waals surface area contributed by atoms with E-state index < -0.39 is 74.0 Å². The lowest BCUT2D eigenvalue weighted by molar-refractivity contribution is -0.142. The predicted molar refractivity (Wildman–Crippen MR) is 61.2 cm³/mol. The molecule has 1 aromatic carbocycles. The second-order valence-corrected chi connectivity index (χ2v) is 6.90. The van der Waals surface area contributed by atoms with Crippen LogP contribution in [-0.2, 0) is 22.0 Å². The maximum Gasteiger partial charge on any atom is 0.419 e. The monoisotopic (exact) mass is 364 g/mol. The smallest absolute Gasteiger partial charge is 0.282 e. The first-order chi connectivity index (χ1) is 10.3. The molecule has 0 spiro atoms. The van der Waals surface area contributed by atoms with Crippen molar-refractivity contribution in [3.8, 4) is 0 Å². The van der Waals surface area contributed by atoms with Crippen molar-refractivity contribution in [3.05, 3.63) is 28.6 Å². The number of halogens is 7. The van der Waals surface area contributed by atoms with E-state index in [9.17, 15) is 39.2 Å². The highest BCUT2D eigenvalue weighted by atomic mass is 32.2. The summed E-state index contributed by atoms with van der Waals surface area (Å²) in [4.78, 5) is -1.38. The van der Waals surface area contributed by atoms with Crippen LogP contribution in [0.15, 0.2) is 11.0 Å². The maximum absolute atomic E-state index is 14.7. The summed E-state index contributed by atoms with van der Waals surface area (Å²) in [6, 6.07) is -0.152. The van der Waals surface area contributed by atoms with Crippen LogP contribution in [0.5, 0.6) is 0 Å². The molecule has 0 aliphatic heterocycles. The highest BCUT2D eigenvalue weighted by Gasteiger charge is 2.67. The zero-order valence-electron chi connectivity index (χ0n) is 10.8. The molecular formula is C12H7F7O3S. The lowest BCUT2D eigenvalue weighted by Gasteiger charge is -2.30. The van der Waals surface area contributed by atoms with E-state index in [2.05, 4.69) is 0 Å². The third-order valence-corrected chi connectivity index (χ3v) is 5.14. The van der Waals surface area contributed by atoms with E-state index >= 15 is 0 Å². The molecule has 4 atom stereocenters. The maximum atomic E-state index is 14.7. The summed E-state index contributed by atoms with van der Waals surface area (Å²) in [5.41, 5.74) is -8.32. The normalized spacial score (nSPS) is 33.1. The molecule has 0 aromatic heterocycles. The molecule has 0 saturated heterocycles. The zero-order chi connectivity index (χ0) is 17.5. The fourth-order valence-electron chi connectivity index (χ4n) is 3.44. The first-order valence-corrected chi connectivity index (χ1v) is 7.62. The molecule has 1 saturated carbocycles. The topological polar surface area (TPSA) is 54.4 Å². The van der Waals surface area contributed by atoms with Gasteiger partial charge in [-0.2, -0.15) is 21.6 Å². The Kier molecular flexibility index (Phi) is 3.14. The van der Waals surface area contributed by atoms with Gasteiger partial charge in [-0.15, -0.1) is 0 Å². The molecule has 1 N–H and O–H groups in total. The Morgan fingerprint density at radius 2 is 1.83 bits per heavy atom. The van der Waals surface area contributed by atoms with E-state index in [4.69, 9.17) is 4.55 Å². The lowest BCUT2D eigenvalue weighted by atomic mass is 9.84. The van der Waals surface area contributed by atoms with Gasteiger partial charge in [-0.3, -0.25) is 4.55 Å². The molecule has 128 valence electrons. The molecule has 2 aliphatic rings. The molecular weight excluding hydrogens is 357 g/mol. The average Bonchev–Trinajstić information content (AvgIpc) is 2.79. The summed E-state index contributed by atoms with van der Waals surface area (Å²) in [6.45, 7) is 0. The van der Waals surface area contributed by atoms with Crippen LogP contribution in [-0.4, -0.2) is 25.3 Å². The molecule has 1 aromatic rings. The Hall–Kier alpha value is -1.36. The van der Waals surface area contributed by atoms with Crippen molar-refractivity contribution >= 4 is 10.1 Å². The van der Waals surface area contributed by atoms with E-state index in [1.165, 1.54) is 0 Å². The minimum atomic E-state index is -5.46. The van der Waals surface area contributed by atoms with Gasteiger partial charge in [0, 0.05) is 11.5 Å². The van der Waals surface area contributed by atoms with Crippen LogP contribution < -0.4 is 0 Å². The Labute approximate surface area is 124 Å². The summed E-state index contributed by atoms with van der Waals surface area (Å²) < 4.78 is 127. The Morgan fingerprint density at radius 3 is 2.30 bits per heavy atom. The van der Waals surface area contributed by atoms with Crippen molar-refractivity contribution < 1.29 is 43.7 Å². The summed E-state index contributed by atoms with van der Waals surface area (Å²) in [7, 11) is -5.27. The first kappa shape index (κ1) is 16.5. The van der Waals surface area contributed by atoms with Gasteiger partial charge in [-0.25, -0.2) is 17.6 Å². The van der Waals surface area contributed by atoms with Crippen molar-refractivity contribution in [2.75, 3.05) is 0 Å². The molecule has 0 heterocycles. The largest absolute Gasteiger partial charge is 0.419 e. The second-order valence-electron chi connectivity index (χ2n) is 5.51. The Bertz CT molecular complexity index is 804. The summed E-state index contributed by atoms with van der Waals surface area (Å²) in [5.74, 6) is -4.04. The first-order valence-electron chi connectivity index (χ1n) is 6.18. The van der Waals surface area contributed by atoms with Gasteiger partial charge in [0.15, 0.2) is 11.8 Å². The van der Waals surface area contributed by atoms with Gasteiger partial charge < -0.3 is 0 Å². The highest BCUT2D eigenvalue weighted by Crippen LogP contribution is 2.64. The van der Waals surface area contributed by atoms with Gasteiger partial charge in [-0.1, -0.05) is 0 Å². The fourth-order valence-corrected chi connectivity index (χ4v) is 4.22. The number of alkyl halides is 6. The van der Waals surface area contributed by atoms with Crippen molar-refractivity contribution in [1.29, 1.82) is 0 Å². The standard InChI is InChI=1S/C12H7F7O3S/c13-4-1-5(23(20,21)22)6-3-2-11(16,10(15)9(3)14)8(6)7(4)12(17,18)19/h1,3,9-10H,2H2,(H,20,21,22). The number of benzene rings is 1. The van der Waals surface area contributed by atoms with Gasteiger partial charge in [0.25, 0.3) is 10.1 Å². The Morgan fingerprint density at radius 1 is 1.26 bits per heavy atom. The van der Waals surface area contributed by atoms with Crippen LogP contribution >= 0.6 is 0 Å². The van der Waals surface area contributed by atoms with Gasteiger partial charge >= 0.3 is 6.18 Å². The summed E-state index contributed by atoms with van der Waals surface area (Å²) >= 11 is 0. The third kappa shape index (κ3) is 2.02. The lowest BCUT2D eigenvalue weighted by Crippen LogP contribution is -2.37. The Balaban J connectivity index is 2.48. The van der Waals surface area contributed by atoms with Crippen LogP contribution in [0.3, 0.4) is 0 Å². The van der Waals surface area contributed by atoms with Crippen LogP contribution in [0.2, 0.25) is 0 Å². The van der Waals surface area contributed by atoms with E-state index in [0.717, 1.165) is 0 Å². The fraction of sp³-hybridized carbons (Fsp3) is 0.500. The molecule has 0 radical (unpaired) electrons. The van der Waals surface area contributed by atoms with Crippen LogP contribution in [0, 0.1) is 5.82 Å². The van der Waals surface area contributed by atoms with E-state index in [1.807, 2.05) is 0 Å². The summed E-state index contributed by atoms with van der Waals surface area (Å²) in [5, 5.41) is 0. The molecule has 2 aliphatic carbocycles. The number of fused-ring (bicyclic) bond motifs is 5. The molecule has 23 heavy (non-hydrogen) atoms. The molecule has 3 rings (SSSR count). The van der Waals surface area contributed by atoms with E-state index in [0.29, 0.717) is 0 Å². The van der Waals surface area contributed by atoms with E-state index in [-0.39, 0.29) is 6.07 Å². The number of rotatable bonds is 1. The van der Waals surface area contributed by atoms with E-state index in [1.54, 1.807) is 0 Å². The third-order valence-electron chi connectivity index (χ3n) is 4.25. The predicted octanol–water partition coefficient (Wildman–Crippen LogP) is 3.43. The summed E-state index contributed by atoms with van der Waals surface area (Å²) in [6.07, 6.45) is -12.1. The molecule has 2 bridgehead atoms. The minimum Gasteiger partial charge on any atom is -0.282 e. The van der Waals surface area contributed by atoms with Gasteiger partial charge in [0.05, 0.1) is 5.56 Å². The van der Waals surface area contributed by atoms with Crippen LogP contribution in [0.25, 0.3) is 0 Å². The van der Waals surface area contributed by atoms with Crippen molar-refractivity contribution in [2.24, 2.45) is 0 Å². The van der Waals surface area contributed by atoms with Crippen LogP contribution in [0.1, 0.15) is 29.0 Å². The number of hydrogen-bond acceptors (Lipinski definition) is 2. The quantitative estimate of drug-likeness (QED) is 0.614.